The Morgan fingerprint density at radius 3 is 2.63 bits per heavy atom. The molecule has 1 fully saturated rings. The maximum absolute atomic E-state index is 13.1. The van der Waals surface area contributed by atoms with Gasteiger partial charge in [-0.05, 0) is 57.0 Å². The Hall–Kier alpha value is -1.49. The van der Waals surface area contributed by atoms with Crippen LogP contribution in [0.1, 0.15) is 30.1 Å². The Balaban J connectivity index is 1.97. The third-order valence-electron chi connectivity index (χ3n) is 3.63. The summed E-state index contributed by atoms with van der Waals surface area (Å²) in [5.74, 6) is -1.87. The largest absolute Gasteiger partial charge is 0.349 e. The second kappa shape index (κ2) is 6.10. The van der Waals surface area contributed by atoms with Crippen LogP contribution in [0.15, 0.2) is 18.2 Å². The first-order valence-electron chi connectivity index (χ1n) is 6.54. The van der Waals surface area contributed by atoms with Crippen molar-refractivity contribution in [3.8, 4) is 0 Å². The molecule has 19 heavy (non-hydrogen) atoms. The minimum Gasteiger partial charge on any atom is -0.349 e. The van der Waals surface area contributed by atoms with Gasteiger partial charge in [-0.1, -0.05) is 0 Å². The van der Waals surface area contributed by atoms with Crippen molar-refractivity contribution in [3.05, 3.63) is 35.4 Å². The third kappa shape index (κ3) is 3.50. The summed E-state index contributed by atoms with van der Waals surface area (Å²) in [5, 5.41) is 6.12. The van der Waals surface area contributed by atoms with Crippen molar-refractivity contribution in [2.75, 3.05) is 13.1 Å². The van der Waals surface area contributed by atoms with Crippen molar-refractivity contribution in [2.45, 2.75) is 25.8 Å². The number of carbonyl (C=O) groups is 1. The quantitative estimate of drug-likeness (QED) is 0.881. The molecule has 1 aliphatic heterocycles. The maximum atomic E-state index is 13.1. The van der Waals surface area contributed by atoms with E-state index in [1.54, 1.807) is 0 Å². The van der Waals surface area contributed by atoms with Crippen LogP contribution in [0.5, 0.6) is 0 Å². The monoisotopic (exact) mass is 268 g/mol. The average Bonchev–Trinajstić information content (AvgIpc) is 2.42. The molecular weight excluding hydrogens is 250 g/mol. The number of amides is 1. The van der Waals surface area contributed by atoms with Gasteiger partial charge in [0.1, 0.15) is 0 Å². The Kier molecular flexibility index (Phi) is 4.47. The molecule has 0 aliphatic carbocycles. The molecule has 0 spiro atoms. The van der Waals surface area contributed by atoms with Crippen molar-refractivity contribution >= 4 is 5.91 Å². The molecule has 0 aromatic heterocycles. The summed E-state index contributed by atoms with van der Waals surface area (Å²) in [4.78, 5) is 11.9. The van der Waals surface area contributed by atoms with Crippen LogP contribution in [0.25, 0.3) is 0 Å². The van der Waals surface area contributed by atoms with Crippen LogP contribution in [0.4, 0.5) is 8.78 Å². The number of halogens is 2. The zero-order valence-electron chi connectivity index (χ0n) is 10.9. The summed E-state index contributed by atoms with van der Waals surface area (Å²) >= 11 is 0. The highest BCUT2D eigenvalue weighted by Gasteiger charge is 2.22. The fourth-order valence-electron chi connectivity index (χ4n) is 2.39. The van der Waals surface area contributed by atoms with E-state index in [0.29, 0.717) is 5.92 Å². The number of hydrogen-bond donors (Lipinski definition) is 2. The van der Waals surface area contributed by atoms with Crippen LogP contribution in [0.3, 0.4) is 0 Å². The highest BCUT2D eigenvalue weighted by molar-refractivity contribution is 5.94. The molecule has 1 aliphatic rings. The smallest absolute Gasteiger partial charge is 0.251 e. The van der Waals surface area contributed by atoms with Gasteiger partial charge in [0, 0.05) is 11.6 Å². The first-order chi connectivity index (χ1) is 9.08. The molecule has 104 valence electrons. The minimum atomic E-state index is -0.998. The van der Waals surface area contributed by atoms with Crippen LogP contribution in [-0.2, 0) is 0 Å². The first-order valence-corrected chi connectivity index (χ1v) is 6.54. The standard InChI is InChI=1S/C14H18F2N2O/c1-9(10-4-6-17-7-5-10)18-14(19)11-2-3-12(15)13(16)8-11/h2-3,8-10,17H,4-7H2,1H3,(H,18,19). The fourth-order valence-corrected chi connectivity index (χ4v) is 2.39. The van der Waals surface area contributed by atoms with Gasteiger partial charge in [0.15, 0.2) is 11.6 Å². The predicted molar refractivity (Wildman–Crippen MR) is 68.9 cm³/mol. The van der Waals surface area contributed by atoms with E-state index in [1.807, 2.05) is 6.92 Å². The van der Waals surface area contributed by atoms with E-state index in [-0.39, 0.29) is 17.5 Å². The highest BCUT2D eigenvalue weighted by Crippen LogP contribution is 2.17. The molecule has 3 nitrogen and oxygen atoms in total. The second-order valence-electron chi connectivity index (χ2n) is 4.98. The molecule has 5 heteroatoms. The van der Waals surface area contributed by atoms with Crippen molar-refractivity contribution < 1.29 is 13.6 Å². The molecule has 1 saturated heterocycles. The summed E-state index contributed by atoms with van der Waals surface area (Å²) in [6.45, 7) is 3.86. The number of nitrogens with one attached hydrogen (secondary N) is 2. The Bertz CT molecular complexity index is 459. The molecule has 1 heterocycles. The van der Waals surface area contributed by atoms with Gasteiger partial charge in [0.2, 0.25) is 0 Å². The number of rotatable bonds is 3. The third-order valence-corrected chi connectivity index (χ3v) is 3.63. The Labute approximate surface area is 111 Å². The van der Waals surface area contributed by atoms with Gasteiger partial charge in [-0.3, -0.25) is 4.79 Å². The number of benzene rings is 1. The average molecular weight is 268 g/mol. The molecule has 2 rings (SSSR count). The van der Waals surface area contributed by atoms with Gasteiger partial charge in [0.05, 0.1) is 0 Å². The lowest BCUT2D eigenvalue weighted by Gasteiger charge is -2.28. The van der Waals surface area contributed by atoms with E-state index in [1.165, 1.54) is 6.07 Å². The SMILES string of the molecule is CC(NC(=O)c1ccc(F)c(F)c1)C1CCNCC1. The van der Waals surface area contributed by atoms with Gasteiger partial charge in [-0.25, -0.2) is 8.78 Å². The zero-order valence-corrected chi connectivity index (χ0v) is 10.9. The van der Waals surface area contributed by atoms with E-state index in [9.17, 15) is 13.6 Å². The van der Waals surface area contributed by atoms with Crippen molar-refractivity contribution in [3.63, 3.8) is 0 Å². The topological polar surface area (TPSA) is 41.1 Å². The Morgan fingerprint density at radius 1 is 1.32 bits per heavy atom. The van der Waals surface area contributed by atoms with E-state index in [4.69, 9.17) is 0 Å². The molecule has 1 atom stereocenters. The fraction of sp³-hybridized carbons (Fsp3) is 0.500. The predicted octanol–water partition coefficient (Wildman–Crippen LogP) is 2.08. The summed E-state index contributed by atoms with van der Waals surface area (Å²) in [6, 6.07) is 3.23. The van der Waals surface area contributed by atoms with Crippen LogP contribution >= 0.6 is 0 Å². The lowest BCUT2D eigenvalue weighted by molar-refractivity contribution is 0.0920. The van der Waals surface area contributed by atoms with E-state index >= 15 is 0 Å². The molecule has 1 aromatic carbocycles. The summed E-state index contributed by atoms with van der Waals surface area (Å²) in [6.07, 6.45) is 2.03. The van der Waals surface area contributed by atoms with Gasteiger partial charge >= 0.3 is 0 Å². The lowest BCUT2D eigenvalue weighted by Crippen LogP contribution is -2.42. The van der Waals surface area contributed by atoms with Crippen LogP contribution in [-0.4, -0.2) is 25.0 Å². The summed E-state index contributed by atoms with van der Waals surface area (Å²) in [7, 11) is 0. The lowest BCUT2D eigenvalue weighted by atomic mass is 9.91. The van der Waals surface area contributed by atoms with Crippen LogP contribution in [0, 0.1) is 17.6 Å². The molecule has 0 saturated carbocycles. The molecule has 2 N–H and O–H groups in total. The minimum absolute atomic E-state index is 0.0303. The van der Waals surface area contributed by atoms with Gasteiger partial charge in [-0.2, -0.15) is 0 Å². The van der Waals surface area contributed by atoms with E-state index in [2.05, 4.69) is 10.6 Å². The number of piperidine rings is 1. The number of carbonyl (C=O) groups excluding carboxylic acids is 1. The second-order valence-corrected chi connectivity index (χ2v) is 4.98. The van der Waals surface area contributed by atoms with E-state index in [0.717, 1.165) is 38.1 Å². The van der Waals surface area contributed by atoms with Crippen molar-refractivity contribution in [1.82, 2.24) is 10.6 Å². The molecule has 1 aromatic rings. The maximum Gasteiger partial charge on any atom is 0.251 e. The Morgan fingerprint density at radius 2 is 2.00 bits per heavy atom. The van der Waals surface area contributed by atoms with Crippen LogP contribution < -0.4 is 10.6 Å². The normalized spacial score (nSPS) is 18.1. The van der Waals surface area contributed by atoms with E-state index < -0.39 is 11.6 Å². The zero-order chi connectivity index (χ0) is 13.8. The summed E-state index contributed by atoms with van der Waals surface area (Å²) < 4.78 is 25.9. The van der Waals surface area contributed by atoms with Crippen molar-refractivity contribution in [1.29, 1.82) is 0 Å². The van der Waals surface area contributed by atoms with Crippen molar-refractivity contribution in [2.24, 2.45) is 5.92 Å². The molecule has 1 unspecified atom stereocenters. The molecule has 1 amide bonds. The first kappa shape index (κ1) is 13.9. The molecule has 0 bridgehead atoms. The van der Waals surface area contributed by atoms with Crippen LogP contribution in [0.2, 0.25) is 0 Å². The molecule has 0 radical (unpaired) electrons. The highest BCUT2D eigenvalue weighted by atomic mass is 19.2. The van der Waals surface area contributed by atoms with Gasteiger partial charge in [-0.15, -0.1) is 0 Å². The number of hydrogen-bond acceptors (Lipinski definition) is 2. The van der Waals surface area contributed by atoms with Gasteiger partial charge in [0.25, 0.3) is 5.91 Å². The van der Waals surface area contributed by atoms with Gasteiger partial charge < -0.3 is 10.6 Å². The summed E-state index contributed by atoms with van der Waals surface area (Å²) in [5.41, 5.74) is 0.152. The molecular formula is C14H18F2N2O.